The number of hydrogen-bond acceptors (Lipinski definition) is 1. The van der Waals surface area contributed by atoms with E-state index in [0.717, 1.165) is 6.04 Å². The summed E-state index contributed by atoms with van der Waals surface area (Å²) in [6, 6.07) is 12.0. The van der Waals surface area contributed by atoms with Crippen LogP contribution in [0.2, 0.25) is 0 Å². The summed E-state index contributed by atoms with van der Waals surface area (Å²) in [5.41, 5.74) is 2.03. The van der Waals surface area contributed by atoms with Crippen LogP contribution in [-0.2, 0) is 5.41 Å². The lowest BCUT2D eigenvalue weighted by molar-refractivity contribution is 0.250. The highest BCUT2D eigenvalue weighted by molar-refractivity contribution is 5.85. The molecule has 0 bridgehead atoms. The van der Waals surface area contributed by atoms with Crippen molar-refractivity contribution in [2.24, 2.45) is 0 Å². The molecule has 1 heterocycles. The largest absolute Gasteiger partial charge is 0.313 e. The first-order valence-corrected chi connectivity index (χ1v) is 7.21. The van der Waals surface area contributed by atoms with E-state index >= 15 is 0 Å². The van der Waals surface area contributed by atoms with Crippen molar-refractivity contribution < 1.29 is 0 Å². The fourth-order valence-corrected chi connectivity index (χ4v) is 3.94. The quantitative estimate of drug-likeness (QED) is 0.850. The van der Waals surface area contributed by atoms with Gasteiger partial charge in [0.05, 0.1) is 0 Å². The first-order valence-electron chi connectivity index (χ1n) is 7.21. The van der Waals surface area contributed by atoms with Crippen LogP contribution in [0.3, 0.4) is 0 Å². The summed E-state index contributed by atoms with van der Waals surface area (Å²) < 4.78 is 0. The Morgan fingerprint density at radius 1 is 0.944 bits per heavy atom. The van der Waals surface area contributed by atoms with Crippen LogP contribution in [0.1, 0.15) is 50.5 Å². The zero-order chi connectivity index (χ0) is 11.6. The summed E-state index contributed by atoms with van der Waals surface area (Å²) >= 11 is 0. The van der Waals surface area contributed by atoms with Gasteiger partial charge >= 0.3 is 0 Å². The van der Waals surface area contributed by atoms with Gasteiger partial charge in [-0.25, -0.2) is 0 Å². The predicted molar refractivity (Wildman–Crippen MR) is 79.5 cm³/mol. The number of nitrogens with one attached hydrogen (secondary N) is 1. The minimum Gasteiger partial charge on any atom is -0.313 e. The maximum atomic E-state index is 3.80. The molecule has 1 aliphatic carbocycles. The lowest BCUT2D eigenvalue weighted by Crippen LogP contribution is -2.49. The molecule has 0 spiro atoms. The van der Waals surface area contributed by atoms with E-state index < -0.39 is 0 Å². The third kappa shape index (κ3) is 2.44. The standard InChI is InChI=1S/C16H23N.ClH/c1-2-8-14(9-3-1)16(11-5-6-12-16)15-10-4-7-13-17-15;/h1-3,8-9,15,17H,4-7,10-13H2;1H. The van der Waals surface area contributed by atoms with Gasteiger partial charge in [-0.2, -0.15) is 0 Å². The molecule has 0 amide bonds. The van der Waals surface area contributed by atoms with E-state index in [1.54, 1.807) is 5.56 Å². The summed E-state index contributed by atoms with van der Waals surface area (Å²) in [5.74, 6) is 0. The van der Waals surface area contributed by atoms with Crippen molar-refractivity contribution in [3.05, 3.63) is 35.9 Å². The Bertz CT molecular complexity index is 351. The van der Waals surface area contributed by atoms with Crippen molar-refractivity contribution in [1.82, 2.24) is 5.32 Å². The number of piperidine rings is 1. The molecular formula is C16H24ClN. The van der Waals surface area contributed by atoms with Gasteiger partial charge in [0, 0.05) is 11.5 Å². The van der Waals surface area contributed by atoms with Crippen molar-refractivity contribution in [1.29, 1.82) is 0 Å². The van der Waals surface area contributed by atoms with E-state index in [0.29, 0.717) is 5.41 Å². The Hall–Kier alpha value is -0.530. The van der Waals surface area contributed by atoms with E-state index in [1.165, 1.54) is 51.5 Å². The number of halogens is 1. The van der Waals surface area contributed by atoms with E-state index in [4.69, 9.17) is 0 Å². The third-order valence-electron chi connectivity index (χ3n) is 4.82. The molecule has 1 saturated carbocycles. The second kappa shape index (κ2) is 6.08. The molecule has 1 N–H and O–H groups in total. The van der Waals surface area contributed by atoms with Gasteiger partial charge in [-0.05, 0) is 37.8 Å². The summed E-state index contributed by atoms with van der Waals surface area (Å²) in [7, 11) is 0. The molecule has 18 heavy (non-hydrogen) atoms. The summed E-state index contributed by atoms with van der Waals surface area (Å²) in [6.07, 6.45) is 9.73. The van der Waals surface area contributed by atoms with E-state index in [1.807, 2.05) is 0 Å². The minimum atomic E-state index is 0. The highest BCUT2D eigenvalue weighted by Gasteiger charge is 2.42. The molecule has 1 saturated heterocycles. The molecule has 0 aromatic heterocycles. The molecule has 1 unspecified atom stereocenters. The lowest BCUT2D eigenvalue weighted by atomic mass is 9.70. The van der Waals surface area contributed by atoms with Crippen molar-refractivity contribution in [3.8, 4) is 0 Å². The lowest BCUT2D eigenvalue weighted by Gasteiger charge is -2.41. The van der Waals surface area contributed by atoms with Crippen molar-refractivity contribution in [3.63, 3.8) is 0 Å². The second-order valence-electron chi connectivity index (χ2n) is 5.73. The van der Waals surface area contributed by atoms with E-state index in [-0.39, 0.29) is 12.4 Å². The van der Waals surface area contributed by atoms with Crippen LogP contribution in [0.15, 0.2) is 30.3 Å². The third-order valence-corrected chi connectivity index (χ3v) is 4.82. The molecule has 3 rings (SSSR count). The molecule has 100 valence electrons. The van der Waals surface area contributed by atoms with Gasteiger partial charge < -0.3 is 5.32 Å². The first kappa shape index (κ1) is 13.9. The molecule has 1 aromatic carbocycles. The molecule has 1 aromatic rings. The smallest absolute Gasteiger partial charge is 0.0164 e. The van der Waals surface area contributed by atoms with E-state index in [9.17, 15) is 0 Å². The summed E-state index contributed by atoms with van der Waals surface area (Å²) in [4.78, 5) is 0. The highest BCUT2D eigenvalue weighted by atomic mass is 35.5. The van der Waals surface area contributed by atoms with Crippen molar-refractivity contribution >= 4 is 12.4 Å². The molecule has 2 heteroatoms. The zero-order valence-corrected chi connectivity index (χ0v) is 11.8. The molecule has 0 radical (unpaired) electrons. The maximum absolute atomic E-state index is 3.80. The first-order chi connectivity index (χ1) is 8.42. The Morgan fingerprint density at radius 3 is 2.28 bits per heavy atom. The van der Waals surface area contributed by atoms with Gasteiger partial charge in [-0.1, -0.05) is 49.6 Å². The normalized spacial score (nSPS) is 26.6. The molecular weight excluding hydrogens is 242 g/mol. The van der Waals surface area contributed by atoms with Crippen LogP contribution in [0.25, 0.3) is 0 Å². The van der Waals surface area contributed by atoms with Crippen molar-refractivity contribution in [2.45, 2.75) is 56.4 Å². The SMILES string of the molecule is Cl.c1ccc(C2(C3CCCCN3)CCCC2)cc1. The number of hydrogen-bond donors (Lipinski definition) is 1. The maximum Gasteiger partial charge on any atom is 0.0164 e. The Morgan fingerprint density at radius 2 is 1.67 bits per heavy atom. The molecule has 1 atom stereocenters. The van der Waals surface area contributed by atoms with Crippen LogP contribution in [0, 0.1) is 0 Å². The monoisotopic (exact) mass is 265 g/mol. The van der Waals surface area contributed by atoms with Crippen LogP contribution in [-0.4, -0.2) is 12.6 Å². The van der Waals surface area contributed by atoms with E-state index in [2.05, 4.69) is 35.6 Å². The van der Waals surface area contributed by atoms with Gasteiger partial charge in [0.25, 0.3) is 0 Å². The number of benzene rings is 1. The molecule has 1 nitrogen and oxygen atoms in total. The molecule has 2 aliphatic rings. The van der Waals surface area contributed by atoms with Crippen LogP contribution < -0.4 is 5.32 Å². The van der Waals surface area contributed by atoms with Gasteiger partial charge in [0.15, 0.2) is 0 Å². The second-order valence-corrected chi connectivity index (χ2v) is 5.73. The van der Waals surface area contributed by atoms with Gasteiger partial charge in [0.1, 0.15) is 0 Å². The van der Waals surface area contributed by atoms with Crippen LogP contribution in [0.5, 0.6) is 0 Å². The van der Waals surface area contributed by atoms with Crippen LogP contribution in [0.4, 0.5) is 0 Å². The van der Waals surface area contributed by atoms with Gasteiger partial charge in [0.2, 0.25) is 0 Å². The molecule has 1 aliphatic heterocycles. The van der Waals surface area contributed by atoms with Crippen molar-refractivity contribution in [2.75, 3.05) is 6.54 Å². The van der Waals surface area contributed by atoms with Crippen LogP contribution >= 0.6 is 12.4 Å². The number of rotatable bonds is 2. The fraction of sp³-hybridized carbons (Fsp3) is 0.625. The summed E-state index contributed by atoms with van der Waals surface area (Å²) in [5, 5.41) is 3.80. The van der Waals surface area contributed by atoms with Gasteiger partial charge in [-0.3, -0.25) is 0 Å². The highest BCUT2D eigenvalue weighted by Crippen LogP contribution is 2.45. The Labute approximate surface area is 117 Å². The Kier molecular flexibility index (Phi) is 4.69. The minimum absolute atomic E-state index is 0. The summed E-state index contributed by atoms with van der Waals surface area (Å²) in [6.45, 7) is 1.22. The predicted octanol–water partition coefficient (Wildman–Crippen LogP) is 4.06. The Balaban J connectivity index is 0.00000120. The fourth-order valence-electron chi connectivity index (χ4n) is 3.94. The average molecular weight is 266 g/mol. The van der Waals surface area contributed by atoms with Gasteiger partial charge in [-0.15, -0.1) is 12.4 Å². The average Bonchev–Trinajstić information content (AvgIpc) is 2.91. The zero-order valence-electron chi connectivity index (χ0n) is 11.0. The molecule has 2 fully saturated rings. The topological polar surface area (TPSA) is 12.0 Å².